The molecule has 3 rings (SSSR count). The number of carbonyl (C=O) groups is 1. The third-order valence-corrected chi connectivity index (χ3v) is 5.01. The Morgan fingerprint density at radius 2 is 1.54 bits per heavy atom. The molecule has 0 saturated heterocycles. The number of hydrogen-bond acceptors (Lipinski definition) is 2. The maximum atomic E-state index is 12.2. The van der Waals surface area contributed by atoms with E-state index in [9.17, 15) is 4.79 Å². The molecular formula is C25H29NO2. The molecule has 28 heavy (non-hydrogen) atoms. The Kier molecular flexibility index (Phi) is 7.48. The van der Waals surface area contributed by atoms with E-state index < -0.39 is 0 Å². The van der Waals surface area contributed by atoms with Crippen molar-refractivity contribution in [2.45, 2.75) is 52.0 Å². The predicted octanol–water partition coefficient (Wildman–Crippen LogP) is 6.39. The number of aryl methyl sites for hydroxylation is 1. The average molecular weight is 376 g/mol. The van der Waals surface area contributed by atoms with Crippen LogP contribution in [0, 0.1) is 0 Å². The van der Waals surface area contributed by atoms with Gasteiger partial charge in [-0.15, -0.1) is 0 Å². The standard InChI is InChI=1S/C25H29NO2/c1-2-3-4-5-6-8-20-10-12-21(13-11-20)22-14-16-23(17-15-22)25(27)26-19-24-9-7-18-28-24/h7,9-18H,2-6,8,19H2,1H3,(H,26,27). The molecule has 0 bridgehead atoms. The fraction of sp³-hybridized carbons (Fsp3) is 0.320. The minimum atomic E-state index is -0.0960. The molecule has 1 amide bonds. The summed E-state index contributed by atoms with van der Waals surface area (Å²) in [5.74, 6) is 0.650. The number of amides is 1. The zero-order valence-corrected chi connectivity index (χ0v) is 16.6. The second kappa shape index (κ2) is 10.5. The first-order valence-electron chi connectivity index (χ1n) is 10.3. The van der Waals surface area contributed by atoms with E-state index in [1.165, 1.54) is 43.2 Å². The largest absolute Gasteiger partial charge is 0.467 e. The van der Waals surface area contributed by atoms with Crippen LogP contribution < -0.4 is 5.32 Å². The van der Waals surface area contributed by atoms with Crippen molar-refractivity contribution in [1.29, 1.82) is 0 Å². The molecule has 0 aliphatic heterocycles. The second-order valence-corrected chi connectivity index (χ2v) is 7.20. The lowest BCUT2D eigenvalue weighted by atomic mass is 10.00. The highest BCUT2D eigenvalue weighted by molar-refractivity contribution is 5.94. The predicted molar refractivity (Wildman–Crippen MR) is 114 cm³/mol. The van der Waals surface area contributed by atoms with Gasteiger partial charge in [-0.25, -0.2) is 0 Å². The topological polar surface area (TPSA) is 42.2 Å². The third-order valence-electron chi connectivity index (χ3n) is 5.01. The smallest absolute Gasteiger partial charge is 0.251 e. The van der Waals surface area contributed by atoms with Gasteiger partial charge in [-0.1, -0.05) is 69.0 Å². The minimum absolute atomic E-state index is 0.0960. The first-order valence-corrected chi connectivity index (χ1v) is 10.3. The molecule has 0 aliphatic rings. The fourth-order valence-corrected chi connectivity index (χ4v) is 3.29. The molecule has 0 unspecified atom stereocenters. The van der Waals surface area contributed by atoms with Crippen molar-refractivity contribution in [2.24, 2.45) is 0 Å². The molecule has 0 atom stereocenters. The van der Waals surface area contributed by atoms with Crippen molar-refractivity contribution < 1.29 is 9.21 Å². The van der Waals surface area contributed by atoms with Crippen LogP contribution in [0.3, 0.4) is 0 Å². The number of nitrogens with one attached hydrogen (secondary N) is 1. The Bertz CT molecular complexity index is 833. The van der Waals surface area contributed by atoms with Crippen LogP contribution in [-0.2, 0) is 13.0 Å². The van der Waals surface area contributed by atoms with Crippen molar-refractivity contribution in [2.75, 3.05) is 0 Å². The Labute approximate surface area is 167 Å². The molecule has 1 heterocycles. The monoisotopic (exact) mass is 375 g/mol. The molecule has 0 radical (unpaired) electrons. The summed E-state index contributed by atoms with van der Waals surface area (Å²) in [5.41, 5.74) is 4.35. The molecule has 0 aliphatic carbocycles. The van der Waals surface area contributed by atoms with Crippen molar-refractivity contribution in [3.63, 3.8) is 0 Å². The summed E-state index contributed by atoms with van der Waals surface area (Å²) in [4.78, 5) is 12.2. The van der Waals surface area contributed by atoms with Crippen molar-refractivity contribution >= 4 is 5.91 Å². The highest BCUT2D eigenvalue weighted by Gasteiger charge is 2.07. The third kappa shape index (κ3) is 5.85. The van der Waals surface area contributed by atoms with Gasteiger partial charge in [-0.05, 0) is 53.8 Å². The summed E-state index contributed by atoms with van der Waals surface area (Å²) in [6.45, 7) is 2.64. The lowest BCUT2D eigenvalue weighted by Crippen LogP contribution is -2.22. The summed E-state index contributed by atoms with van der Waals surface area (Å²) >= 11 is 0. The molecule has 3 heteroatoms. The van der Waals surface area contributed by atoms with Gasteiger partial charge in [-0.3, -0.25) is 4.79 Å². The van der Waals surface area contributed by atoms with Gasteiger partial charge in [0.25, 0.3) is 5.91 Å². The Morgan fingerprint density at radius 1 is 0.857 bits per heavy atom. The highest BCUT2D eigenvalue weighted by atomic mass is 16.3. The van der Waals surface area contributed by atoms with E-state index in [0.29, 0.717) is 12.1 Å². The fourth-order valence-electron chi connectivity index (χ4n) is 3.29. The molecular weight excluding hydrogens is 346 g/mol. The van der Waals surface area contributed by atoms with E-state index >= 15 is 0 Å². The van der Waals surface area contributed by atoms with Crippen molar-refractivity contribution in [3.8, 4) is 11.1 Å². The first-order chi connectivity index (χ1) is 13.8. The van der Waals surface area contributed by atoms with Crippen LogP contribution in [0.1, 0.15) is 60.7 Å². The van der Waals surface area contributed by atoms with E-state index in [0.717, 1.165) is 17.7 Å². The van der Waals surface area contributed by atoms with Gasteiger partial charge in [0.2, 0.25) is 0 Å². The molecule has 146 valence electrons. The van der Waals surface area contributed by atoms with Crippen LogP contribution in [0.15, 0.2) is 71.3 Å². The normalized spacial score (nSPS) is 10.8. The zero-order valence-electron chi connectivity index (χ0n) is 16.6. The number of furan rings is 1. The van der Waals surface area contributed by atoms with E-state index in [1.54, 1.807) is 6.26 Å². The Morgan fingerprint density at radius 3 is 2.18 bits per heavy atom. The van der Waals surface area contributed by atoms with E-state index in [-0.39, 0.29) is 5.91 Å². The molecule has 3 aromatic rings. The van der Waals surface area contributed by atoms with Gasteiger partial charge < -0.3 is 9.73 Å². The van der Waals surface area contributed by atoms with Gasteiger partial charge in [0.1, 0.15) is 5.76 Å². The summed E-state index contributed by atoms with van der Waals surface area (Å²) in [6, 6.07) is 20.2. The van der Waals surface area contributed by atoms with E-state index in [1.807, 2.05) is 36.4 Å². The summed E-state index contributed by atoms with van der Waals surface area (Å²) < 4.78 is 5.23. The lowest BCUT2D eigenvalue weighted by molar-refractivity contribution is 0.0948. The van der Waals surface area contributed by atoms with Gasteiger partial charge >= 0.3 is 0 Å². The van der Waals surface area contributed by atoms with Crippen LogP contribution in [0.2, 0.25) is 0 Å². The number of hydrogen-bond donors (Lipinski definition) is 1. The molecule has 0 spiro atoms. The SMILES string of the molecule is CCCCCCCc1ccc(-c2ccc(C(=O)NCc3ccco3)cc2)cc1. The molecule has 2 aromatic carbocycles. The molecule has 0 saturated carbocycles. The number of benzene rings is 2. The molecule has 1 aromatic heterocycles. The quantitative estimate of drug-likeness (QED) is 0.417. The van der Waals surface area contributed by atoms with Crippen LogP contribution in [0.25, 0.3) is 11.1 Å². The average Bonchev–Trinajstić information content (AvgIpc) is 3.26. The van der Waals surface area contributed by atoms with Gasteiger partial charge in [0.05, 0.1) is 12.8 Å². The van der Waals surface area contributed by atoms with Crippen molar-refractivity contribution in [3.05, 3.63) is 83.8 Å². The number of unbranched alkanes of at least 4 members (excludes halogenated alkanes) is 4. The van der Waals surface area contributed by atoms with Crippen LogP contribution >= 0.6 is 0 Å². The highest BCUT2D eigenvalue weighted by Crippen LogP contribution is 2.21. The first kappa shape index (κ1) is 19.9. The Balaban J connectivity index is 1.52. The summed E-state index contributed by atoms with van der Waals surface area (Å²) in [6.07, 6.45) is 9.32. The number of carbonyl (C=O) groups excluding carboxylic acids is 1. The second-order valence-electron chi connectivity index (χ2n) is 7.20. The van der Waals surface area contributed by atoms with E-state index in [4.69, 9.17) is 4.42 Å². The van der Waals surface area contributed by atoms with E-state index in [2.05, 4.69) is 36.5 Å². The lowest BCUT2D eigenvalue weighted by Gasteiger charge is -2.07. The minimum Gasteiger partial charge on any atom is -0.467 e. The zero-order chi connectivity index (χ0) is 19.6. The van der Waals surface area contributed by atoms with Crippen LogP contribution in [0.5, 0.6) is 0 Å². The van der Waals surface area contributed by atoms with Gasteiger partial charge in [0, 0.05) is 5.56 Å². The maximum Gasteiger partial charge on any atom is 0.251 e. The maximum absolute atomic E-state index is 12.2. The van der Waals surface area contributed by atoms with Crippen LogP contribution in [-0.4, -0.2) is 5.91 Å². The molecule has 3 nitrogen and oxygen atoms in total. The Hall–Kier alpha value is -2.81. The number of rotatable bonds is 10. The summed E-state index contributed by atoms with van der Waals surface area (Å²) in [5, 5.41) is 2.87. The van der Waals surface area contributed by atoms with Gasteiger partial charge in [-0.2, -0.15) is 0 Å². The molecule has 1 N–H and O–H groups in total. The summed E-state index contributed by atoms with van der Waals surface area (Å²) in [7, 11) is 0. The van der Waals surface area contributed by atoms with Crippen LogP contribution in [0.4, 0.5) is 0 Å². The molecule has 0 fully saturated rings. The van der Waals surface area contributed by atoms with Crippen molar-refractivity contribution in [1.82, 2.24) is 5.32 Å². The van der Waals surface area contributed by atoms with Gasteiger partial charge in [0.15, 0.2) is 0 Å².